The van der Waals surface area contributed by atoms with Gasteiger partial charge in [0.1, 0.15) is 17.8 Å². The number of rotatable bonds is 13. The summed E-state index contributed by atoms with van der Waals surface area (Å²) in [5.41, 5.74) is 3.73. The van der Waals surface area contributed by atoms with Crippen LogP contribution >= 0.6 is 0 Å². The molecule has 6 atom stereocenters. The van der Waals surface area contributed by atoms with E-state index < -0.39 is 63.5 Å². The highest BCUT2D eigenvalue weighted by Crippen LogP contribution is 2.65. The highest BCUT2D eigenvalue weighted by Gasteiger charge is 2.70. The second kappa shape index (κ2) is 13.4. The van der Waals surface area contributed by atoms with Gasteiger partial charge >= 0.3 is 6.03 Å². The summed E-state index contributed by atoms with van der Waals surface area (Å²) in [7, 11) is -1.28. The molecule has 1 aromatic heterocycles. The highest BCUT2D eigenvalue weighted by atomic mass is 32.2. The number of ketones is 1. The SMILES string of the molecule is CC(C)(C)[C@H](NC(=O)NC1(CS(=O)Cc2ccco2)CCCCC1)C(=O)N1C[C@@H]2C([C@H]1C(=O)NC(CC1CC1)C(=O)C(N)=O)C2(C)C. The summed E-state index contributed by atoms with van der Waals surface area (Å²) in [6.45, 7) is 10.0. The van der Waals surface area contributed by atoms with E-state index in [1.165, 1.54) is 0 Å². The summed E-state index contributed by atoms with van der Waals surface area (Å²) < 4.78 is 18.6. The van der Waals surface area contributed by atoms with Crippen LogP contribution in [0.4, 0.5) is 4.79 Å². The van der Waals surface area contributed by atoms with Gasteiger partial charge in [0.25, 0.3) is 5.91 Å². The molecule has 1 aliphatic heterocycles. The molecule has 0 spiro atoms. The maximum atomic E-state index is 14.4. The van der Waals surface area contributed by atoms with Crippen LogP contribution in [0, 0.1) is 28.6 Å². The van der Waals surface area contributed by atoms with Gasteiger partial charge in [-0.3, -0.25) is 23.4 Å². The Hall–Kier alpha value is -3.22. The van der Waals surface area contributed by atoms with Crippen molar-refractivity contribution in [2.75, 3.05) is 12.3 Å². The maximum Gasteiger partial charge on any atom is 0.315 e. The lowest BCUT2D eigenvalue weighted by Crippen LogP contribution is -2.63. The van der Waals surface area contributed by atoms with Crippen molar-refractivity contribution in [3.63, 3.8) is 0 Å². The Kier molecular flexibility index (Phi) is 9.97. The molecule has 4 aliphatic rings. The van der Waals surface area contributed by atoms with Gasteiger partial charge in [-0.25, -0.2) is 4.79 Å². The summed E-state index contributed by atoms with van der Waals surface area (Å²) in [6, 6.07) is 0.167. The van der Waals surface area contributed by atoms with E-state index in [0.717, 1.165) is 32.1 Å². The fraction of sp³-hybridized carbons (Fsp3) is 0.735. The Morgan fingerprint density at radius 3 is 2.34 bits per heavy atom. The maximum absolute atomic E-state index is 14.4. The van der Waals surface area contributed by atoms with Crippen LogP contribution in [0.25, 0.3) is 0 Å². The van der Waals surface area contributed by atoms with Crippen LogP contribution in [-0.2, 0) is 35.7 Å². The summed E-state index contributed by atoms with van der Waals surface area (Å²) in [5, 5.41) is 8.84. The molecule has 12 nitrogen and oxygen atoms in total. The predicted molar refractivity (Wildman–Crippen MR) is 176 cm³/mol. The summed E-state index contributed by atoms with van der Waals surface area (Å²) in [4.78, 5) is 67.9. The minimum absolute atomic E-state index is 0.0834. The summed E-state index contributed by atoms with van der Waals surface area (Å²) in [6.07, 6.45) is 7.90. The fourth-order valence-corrected chi connectivity index (χ4v) is 9.39. The minimum atomic E-state index is -1.28. The number of fused-ring (bicyclic) bond motifs is 1. The molecule has 3 unspecified atom stereocenters. The molecular formula is C34H51N5O7S. The van der Waals surface area contributed by atoms with Gasteiger partial charge in [-0.05, 0) is 60.0 Å². The summed E-state index contributed by atoms with van der Waals surface area (Å²) >= 11 is 0. The van der Waals surface area contributed by atoms with Crippen LogP contribution in [0.3, 0.4) is 0 Å². The van der Waals surface area contributed by atoms with Gasteiger partial charge in [-0.2, -0.15) is 0 Å². The largest absolute Gasteiger partial charge is 0.468 e. The topological polar surface area (TPSA) is 181 Å². The minimum Gasteiger partial charge on any atom is -0.468 e. The fourth-order valence-electron chi connectivity index (χ4n) is 7.83. The van der Waals surface area contributed by atoms with E-state index >= 15 is 0 Å². The van der Waals surface area contributed by atoms with E-state index in [4.69, 9.17) is 10.2 Å². The lowest BCUT2D eigenvalue weighted by molar-refractivity contribution is -0.145. The number of carbonyl (C=O) groups is 5. The van der Waals surface area contributed by atoms with Crippen LogP contribution in [0.1, 0.15) is 91.7 Å². The number of carbonyl (C=O) groups excluding carboxylic acids is 5. The average molecular weight is 674 g/mol. The normalized spacial score (nSPS) is 26.3. The first-order chi connectivity index (χ1) is 22.0. The Morgan fingerprint density at radius 1 is 1.09 bits per heavy atom. The number of primary amides is 1. The van der Waals surface area contributed by atoms with Crippen LogP contribution in [0.2, 0.25) is 0 Å². The number of urea groups is 1. The zero-order chi connectivity index (χ0) is 34.3. The van der Waals surface area contributed by atoms with Crippen molar-refractivity contribution >= 4 is 40.3 Å². The van der Waals surface area contributed by atoms with Crippen molar-refractivity contribution in [1.29, 1.82) is 0 Å². The molecule has 5 N–H and O–H groups in total. The van der Waals surface area contributed by atoms with Crippen LogP contribution in [0.5, 0.6) is 0 Å². The van der Waals surface area contributed by atoms with E-state index in [0.29, 0.717) is 31.6 Å². The number of nitrogens with two attached hydrogens (primary N) is 1. The van der Waals surface area contributed by atoms with E-state index in [1.807, 2.05) is 20.8 Å². The molecule has 2 heterocycles. The first-order valence-electron chi connectivity index (χ1n) is 16.9. The molecule has 47 heavy (non-hydrogen) atoms. The second-order valence-corrected chi connectivity index (χ2v) is 17.4. The van der Waals surface area contributed by atoms with E-state index in [2.05, 4.69) is 29.8 Å². The highest BCUT2D eigenvalue weighted by molar-refractivity contribution is 7.84. The third-order valence-electron chi connectivity index (χ3n) is 10.8. The van der Waals surface area contributed by atoms with E-state index in [1.54, 1.807) is 23.3 Å². The number of hydrogen-bond acceptors (Lipinski definition) is 7. The molecule has 0 aromatic carbocycles. The number of Topliss-reactive ketones (excluding diaryl/α,β-unsaturated/α-hetero) is 1. The number of piperidine rings is 1. The first kappa shape index (κ1) is 35.1. The summed E-state index contributed by atoms with van der Waals surface area (Å²) in [5.74, 6) is -1.43. The first-order valence-corrected chi connectivity index (χ1v) is 18.4. The molecule has 13 heteroatoms. The second-order valence-electron chi connectivity index (χ2n) is 15.9. The Balaban J connectivity index is 1.31. The average Bonchev–Trinajstić information content (AvgIpc) is 3.70. The van der Waals surface area contributed by atoms with Crippen molar-refractivity contribution in [3.05, 3.63) is 24.2 Å². The van der Waals surface area contributed by atoms with Gasteiger partial charge in [-0.1, -0.05) is 66.7 Å². The third kappa shape index (κ3) is 7.92. The van der Waals surface area contributed by atoms with Crippen molar-refractivity contribution in [3.8, 4) is 0 Å². The molecule has 3 aliphatic carbocycles. The molecule has 1 saturated heterocycles. The van der Waals surface area contributed by atoms with Crippen LogP contribution in [0.15, 0.2) is 22.8 Å². The lowest BCUT2D eigenvalue weighted by atomic mass is 9.83. The molecule has 4 fully saturated rings. The van der Waals surface area contributed by atoms with Crippen LogP contribution < -0.4 is 21.7 Å². The zero-order valence-corrected chi connectivity index (χ0v) is 29.1. The number of nitrogens with one attached hydrogen (secondary N) is 3. The smallest absolute Gasteiger partial charge is 0.315 e. The number of amides is 5. The van der Waals surface area contributed by atoms with Crippen molar-refractivity contribution in [2.45, 2.75) is 115 Å². The Morgan fingerprint density at radius 2 is 1.77 bits per heavy atom. The Bertz CT molecular complexity index is 1390. The monoisotopic (exact) mass is 673 g/mol. The van der Waals surface area contributed by atoms with E-state index in [9.17, 15) is 28.2 Å². The molecule has 1 aromatic rings. The zero-order valence-electron chi connectivity index (χ0n) is 28.3. The predicted octanol–water partition coefficient (Wildman–Crippen LogP) is 2.77. The Labute approximate surface area is 279 Å². The van der Waals surface area contributed by atoms with Gasteiger partial charge in [0.2, 0.25) is 17.6 Å². The standard InChI is InChI=1S/C34H51N5O7S/c1-32(2,3)27(37-31(44)38-34(13-7-6-8-14-34)19-47(45)18-21-10-9-15-46-21)30(43)39-17-22-24(33(22,4)5)25(39)29(42)36-23(16-20-11-12-20)26(40)28(35)41/h9-10,15,20,22-25,27H,6-8,11-14,16-19H2,1-5H3,(H2,35,41)(H,36,42)(H2,37,38,44)/t22-,23?,24?,25+,27-,47?/m1/s1. The molecule has 5 rings (SSSR count). The van der Waals surface area contributed by atoms with Gasteiger partial charge < -0.3 is 31.0 Å². The number of hydrogen-bond donors (Lipinski definition) is 4. The quantitative estimate of drug-likeness (QED) is 0.232. The molecule has 3 saturated carbocycles. The number of likely N-dealkylation sites (tertiary alicyclic amines) is 1. The molecule has 0 radical (unpaired) electrons. The number of nitrogens with zero attached hydrogens (tertiary/aromatic N) is 1. The molecule has 5 amide bonds. The number of furan rings is 1. The van der Waals surface area contributed by atoms with Gasteiger partial charge in [0.05, 0.1) is 23.6 Å². The third-order valence-corrected chi connectivity index (χ3v) is 12.3. The molecule has 260 valence electrons. The van der Waals surface area contributed by atoms with Crippen molar-refractivity contribution < 1.29 is 32.6 Å². The van der Waals surface area contributed by atoms with Gasteiger partial charge in [-0.15, -0.1) is 0 Å². The molecule has 0 bridgehead atoms. The molecular weight excluding hydrogens is 622 g/mol. The van der Waals surface area contributed by atoms with Crippen molar-refractivity contribution in [2.24, 2.45) is 34.3 Å². The van der Waals surface area contributed by atoms with E-state index in [-0.39, 0.29) is 40.6 Å². The van der Waals surface area contributed by atoms with Crippen molar-refractivity contribution in [1.82, 2.24) is 20.9 Å². The lowest BCUT2D eigenvalue weighted by Gasteiger charge is -2.40. The van der Waals surface area contributed by atoms with Crippen LogP contribution in [-0.4, -0.2) is 74.6 Å². The van der Waals surface area contributed by atoms with Gasteiger partial charge in [0, 0.05) is 23.1 Å². The van der Waals surface area contributed by atoms with Gasteiger partial charge in [0.15, 0.2) is 0 Å².